The first-order chi connectivity index (χ1) is 15.0. The van der Waals surface area contributed by atoms with Gasteiger partial charge in [0.1, 0.15) is 0 Å². The maximum atomic E-state index is 13.7. The lowest BCUT2D eigenvalue weighted by Crippen LogP contribution is -2.45. The summed E-state index contributed by atoms with van der Waals surface area (Å²) in [6.07, 6.45) is 2.37. The second kappa shape index (κ2) is 7.09. The first-order valence-electron chi connectivity index (χ1n) is 9.96. The molecule has 2 aromatic carbocycles. The van der Waals surface area contributed by atoms with Crippen molar-refractivity contribution in [2.75, 3.05) is 42.2 Å². The van der Waals surface area contributed by atoms with Crippen molar-refractivity contribution in [2.24, 2.45) is 0 Å². The van der Waals surface area contributed by atoms with Crippen molar-refractivity contribution < 1.29 is 28.5 Å². The normalized spacial score (nSPS) is 18.3. The van der Waals surface area contributed by atoms with E-state index in [1.54, 1.807) is 21.3 Å². The third-order valence-corrected chi connectivity index (χ3v) is 6.04. The lowest BCUT2D eigenvalue weighted by atomic mass is 9.99. The number of likely N-dealkylation sites (N-methyl/N-ethyl adjacent to an activating group) is 1. The fraction of sp³-hybridized carbons (Fsp3) is 0.348. The van der Waals surface area contributed by atoms with Crippen LogP contribution in [0.25, 0.3) is 11.8 Å². The van der Waals surface area contributed by atoms with Crippen LogP contribution in [0.1, 0.15) is 27.0 Å². The Kier molecular flexibility index (Phi) is 4.48. The molecule has 0 unspecified atom stereocenters. The second-order valence-electron chi connectivity index (χ2n) is 7.79. The first-order valence-corrected chi connectivity index (χ1v) is 9.96. The predicted molar refractivity (Wildman–Crippen MR) is 114 cm³/mol. The molecule has 0 N–H and O–H groups in total. The standard InChI is InChI=1S/C23H24N2O6/c1-24(2)18-9-12-8-17-22(31-11-30-17)20(28-4)14(12)10-15-13-6-7-16(27-3)21(29-5)19(13)23(26)25(15)18/h6-8,10,18H,9,11H2,1-5H3/t18-/m0/s1. The largest absolute Gasteiger partial charge is 0.493 e. The van der Waals surface area contributed by atoms with E-state index in [-0.39, 0.29) is 18.9 Å². The molecule has 2 aromatic rings. The number of methoxy groups -OCH3 is 3. The summed E-state index contributed by atoms with van der Waals surface area (Å²) in [6, 6.07) is 5.70. The van der Waals surface area contributed by atoms with Crippen molar-refractivity contribution >= 4 is 17.7 Å². The van der Waals surface area contributed by atoms with Crippen molar-refractivity contribution in [1.29, 1.82) is 0 Å². The Morgan fingerprint density at radius 3 is 2.52 bits per heavy atom. The molecule has 5 rings (SSSR count). The van der Waals surface area contributed by atoms with Crippen LogP contribution in [-0.2, 0) is 6.42 Å². The minimum Gasteiger partial charge on any atom is -0.493 e. The molecule has 0 saturated carbocycles. The van der Waals surface area contributed by atoms with Crippen molar-refractivity contribution in [1.82, 2.24) is 9.80 Å². The van der Waals surface area contributed by atoms with Gasteiger partial charge < -0.3 is 23.7 Å². The van der Waals surface area contributed by atoms with Crippen LogP contribution in [0.5, 0.6) is 28.7 Å². The number of hydrogen-bond donors (Lipinski definition) is 0. The molecule has 3 aliphatic rings. The number of carbonyl (C=O) groups is 1. The van der Waals surface area contributed by atoms with Crippen LogP contribution in [0, 0.1) is 0 Å². The highest BCUT2D eigenvalue weighted by atomic mass is 16.7. The zero-order valence-corrected chi connectivity index (χ0v) is 18.1. The van der Waals surface area contributed by atoms with Crippen LogP contribution >= 0.6 is 0 Å². The molecule has 3 aliphatic heterocycles. The van der Waals surface area contributed by atoms with Gasteiger partial charge in [-0.1, -0.05) is 0 Å². The third kappa shape index (κ3) is 2.68. The van der Waals surface area contributed by atoms with E-state index in [0.717, 1.165) is 22.4 Å². The summed E-state index contributed by atoms with van der Waals surface area (Å²) in [6.45, 7) is 0.159. The Bertz CT molecular complexity index is 1120. The Labute approximate surface area is 180 Å². The smallest absolute Gasteiger partial charge is 0.264 e. The molecular weight excluding hydrogens is 400 g/mol. The Balaban J connectivity index is 1.80. The molecule has 0 aromatic heterocycles. The number of nitrogens with zero attached hydrogens (tertiary/aromatic N) is 2. The van der Waals surface area contributed by atoms with Crippen LogP contribution in [0.2, 0.25) is 0 Å². The average molecular weight is 424 g/mol. The number of amides is 1. The number of benzene rings is 2. The highest BCUT2D eigenvalue weighted by molar-refractivity contribution is 6.14. The van der Waals surface area contributed by atoms with Gasteiger partial charge in [0, 0.05) is 17.5 Å². The van der Waals surface area contributed by atoms with Crippen LogP contribution in [-0.4, -0.2) is 64.1 Å². The number of hydrogen-bond acceptors (Lipinski definition) is 7. The molecule has 162 valence electrons. The van der Waals surface area contributed by atoms with Crippen LogP contribution < -0.4 is 23.7 Å². The molecule has 0 fully saturated rings. The summed E-state index contributed by atoms with van der Waals surface area (Å²) in [5.74, 6) is 2.70. The summed E-state index contributed by atoms with van der Waals surface area (Å²) in [5, 5.41) is 0. The maximum absolute atomic E-state index is 13.7. The van der Waals surface area contributed by atoms with E-state index in [4.69, 9.17) is 23.7 Å². The lowest BCUT2D eigenvalue weighted by molar-refractivity contribution is 0.0664. The van der Waals surface area contributed by atoms with Gasteiger partial charge in [0.2, 0.25) is 12.5 Å². The van der Waals surface area contributed by atoms with E-state index in [1.165, 1.54) is 0 Å². The molecule has 8 nitrogen and oxygen atoms in total. The average Bonchev–Trinajstić information content (AvgIpc) is 3.28. The number of rotatable bonds is 4. The lowest BCUT2D eigenvalue weighted by Gasteiger charge is -2.33. The SMILES string of the molecule is COc1ccc2c(c1OC)C(=O)N1C2=Cc2c(cc3c(c2OC)OCO3)C[C@H]1N(C)C. The van der Waals surface area contributed by atoms with E-state index in [2.05, 4.69) is 0 Å². The van der Waals surface area contributed by atoms with E-state index >= 15 is 0 Å². The zero-order valence-electron chi connectivity index (χ0n) is 18.1. The van der Waals surface area contributed by atoms with Gasteiger partial charge in [0.25, 0.3) is 5.91 Å². The van der Waals surface area contributed by atoms with Gasteiger partial charge in [-0.05, 0) is 43.9 Å². The van der Waals surface area contributed by atoms with Gasteiger partial charge in [-0.3, -0.25) is 14.6 Å². The topological polar surface area (TPSA) is 69.7 Å². The molecule has 3 heterocycles. The van der Waals surface area contributed by atoms with Crippen molar-refractivity contribution in [3.8, 4) is 28.7 Å². The van der Waals surface area contributed by atoms with Gasteiger partial charge >= 0.3 is 0 Å². The molecular formula is C23H24N2O6. The summed E-state index contributed by atoms with van der Waals surface area (Å²) in [7, 11) is 8.65. The van der Waals surface area contributed by atoms with Gasteiger partial charge in [0.15, 0.2) is 23.0 Å². The Morgan fingerprint density at radius 2 is 1.84 bits per heavy atom. The fourth-order valence-corrected chi connectivity index (χ4v) is 4.60. The summed E-state index contributed by atoms with van der Waals surface area (Å²) in [4.78, 5) is 17.5. The van der Waals surface area contributed by atoms with E-state index < -0.39 is 0 Å². The number of ether oxygens (including phenoxy) is 5. The van der Waals surface area contributed by atoms with Gasteiger partial charge in [-0.25, -0.2) is 0 Å². The van der Waals surface area contributed by atoms with Gasteiger partial charge in [-0.2, -0.15) is 0 Å². The number of fused-ring (bicyclic) bond motifs is 5. The highest BCUT2D eigenvalue weighted by Gasteiger charge is 2.43. The molecule has 31 heavy (non-hydrogen) atoms. The third-order valence-electron chi connectivity index (χ3n) is 6.04. The second-order valence-corrected chi connectivity index (χ2v) is 7.79. The van der Waals surface area contributed by atoms with Crippen LogP contribution in [0.3, 0.4) is 0 Å². The van der Waals surface area contributed by atoms with E-state index in [9.17, 15) is 4.79 Å². The maximum Gasteiger partial charge on any atom is 0.264 e. The van der Waals surface area contributed by atoms with Crippen LogP contribution in [0.15, 0.2) is 18.2 Å². The molecule has 0 radical (unpaired) electrons. The monoisotopic (exact) mass is 424 g/mol. The van der Waals surface area contributed by atoms with Gasteiger partial charge in [-0.15, -0.1) is 0 Å². The van der Waals surface area contributed by atoms with E-state index in [0.29, 0.717) is 40.7 Å². The summed E-state index contributed by atoms with van der Waals surface area (Å²) >= 11 is 0. The fourth-order valence-electron chi connectivity index (χ4n) is 4.60. The predicted octanol–water partition coefficient (Wildman–Crippen LogP) is 2.84. The molecule has 0 bridgehead atoms. The Hall–Kier alpha value is -3.39. The highest BCUT2D eigenvalue weighted by Crippen LogP contribution is 2.51. The van der Waals surface area contributed by atoms with Crippen molar-refractivity contribution in [3.63, 3.8) is 0 Å². The van der Waals surface area contributed by atoms with E-state index in [1.807, 2.05) is 48.2 Å². The summed E-state index contributed by atoms with van der Waals surface area (Å²) in [5.41, 5.74) is 3.99. The van der Waals surface area contributed by atoms with Crippen molar-refractivity contribution in [3.05, 3.63) is 40.5 Å². The van der Waals surface area contributed by atoms with Crippen LogP contribution in [0.4, 0.5) is 0 Å². The molecule has 8 heteroatoms. The molecule has 1 amide bonds. The van der Waals surface area contributed by atoms with Gasteiger partial charge in [0.05, 0.1) is 38.8 Å². The minimum absolute atomic E-state index is 0.123. The number of carbonyl (C=O) groups excluding carboxylic acids is 1. The molecule has 0 aliphatic carbocycles. The quantitative estimate of drug-likeness (QED) is 0.748. The molecule has 0 spiro atoms. The first kappa shape index (κ1) is 19.6. The Morgan fingerprint density at radius 1 is 1.06 bits per heavy atom. The summed E-state index contributed by atoms with van der Waals surface area (Å²) < 4.78 is 28.0. The zero-order chi connectivity index (χ0) is 21.9. The van der Waals surface area contributed by atoms with Crippen molar-refractivity contribution in [2.45, 2.75) is 12.6 Å². The molecule has 0 saturated heterocycles. The molecule has 1 atom stereocenters. The minimum atomic E-state index is -0.215.